The van der Waals surface area contributed by atoms with Crippen LogP contribution in [0.5, 0.6) is 0 Å². The van der Waals surface area contributed by atoms with Crippen LogP contribution in [-0.4, -0.2) is 21.1 Å². The molecule has 0 aliphatic rings. The van der Waals surface area contributed by atoms with Crippen LogP contribution in [0.3, 0.4) is 0 Å². The van der Waals surface area contributed by atoms with E-state index in [2.05, 4.69) is 26.3 Å². The standard InChI is InChI=1S/C10H11IN4OS/c11-17-15-9-2-1-6(3-7(9)5-14-15)4-8(12)10(13)16/h1-3,5,8H,4,12H2,(H2,13,16)/t8-/m0/s1. The Morgan fingerprint density at radius 1 is 1.59 bits per heavy atom. The van der Waals surface area contributed by atoms with E-state index in [1.165, 1.54) is 9.12 Å². The molecule has 0 spiro atoms. The number of hydrogen-bond donors (Lipinski definition) is 2. The molecule has 7 heteroatoms. The van der Waals surface area contributed by atoms with Gasteiger partial charge in [0.05, 0.1) is 17.8 Å². The lowest BCUT2D eigenvalue weighted by Gasteiger charge is -2.07. The Morgan fingerprint density at radius 2 is 2.35 bits per heavy atom. The third-order valence-corrected chi connectivity index (χ3v) is 4.03. The molecule has 0 fully saturated rings. The minimum atomic E-state index is -0.638. The highest BCUT2D eigenvalue weighted by Crippen LogP contribution is 2.23. The Bertz CT molecular complexity index is 556. The highest BCUT2D eigenvalue weighted by molar-refractivity contribution is 14.2. The van der Waals surface area contributed by atoms with Crippen molar-refractivity contribution in [2.24, 2.45) is 11.5 Å². The molecule has 2 aromatic rings. The number of nitrogens with two attached hydrogens (primary N) is 2. The van der Waals surface area contributed by atoms with Crippen molar-refractivity contribution >= 4 is 47.1 Å². The molecule has 0 aliphatic carbocycles. The molecule has 0 bridgehead atoms. The van der Waals surface area contributed by atoms with E-state index < -0.39 is 11.9 Å². The van der Waals surface area contributed by atoms with Gasteiger partial charge in [0.1, 0.15) is 0 Å². The van der Waals surface area contributed by atoms with E-state index in [1.807, 2.05) is 22.3 Å². The van der Waals surface area contributed by atoms with Crippen molar-refractivity contribution < 1.29 is 4.79 Å². The van der Waals surface area contributed by atoms with Gasteiger partial charge in [-0.25, -0.2) is 0 Å². The Hall–Kier alpha value is -0.800. The minimum Gasteiger partial charge on any atom is -0.368 e. The van der Waals surface area contributed by atoms with Gasteiger partial charge < -0.3 is 11.5 Å². The molecule has 1 aromatic carbocycles. The summed E-state index contributed by atoms with van der Waals surface area (Å²) >= 11 is 2.17. The van der Waals surface area contributed by atoms with Gasteiger partial charge in [-0.2, -0.15) is 9.19 Å². The predicted molar refractivity (Wildman–Crippen MR) is 77.6 cm³/mol. The van der Waals surface area contributed by atoms with Crippen molar-refractivity contribution in [3.8, 4) is 0 Å². The van der Waals surface area contributed by atoms with Gasteiger partial charge in [-0.15, -0.1) is 0 Å². The maximum absolute atomic E-state index is 10.9. The van der Waals surface area contributed by atoms with Crippen LogP contribution in [0.25, 0.3) is 10.9 Å². The maximum Gasteiger partial charge on any atom is 0.234 e. The Balaban J connectivity index is 2.29. The molecule has 0 saturated heterocycles. The van der Waals surface area contributed by atoms with Gasteiger partial charge in [0.2, 0.25) is 5.91 Å². The summed E-state index contributed by atoms with van der Waals surface area (Å²) in [6.45, 7) is 0. The van der Waals surface area contributed by atoms with Crippen LogP contribution < -0.4 is 11.5 Å². The lowest BCUT2D eigenvalue weighted by molar-refractivity contribution is -0.119. The van der Waals surface area contributed by atoms with E-state index in [-0.39, 0.29) is 0 Å². The first-order valence-corrected chi connectivity index (χ1v) is 8.24. The van der Waals surface area contributed by atoms with Crippen LogP contribution in [0.2, 0.25) is 0 Å². The molecule has 0 aliphatic heterocycles. The molecule has 1 aromatic heterocycles. The van der Waals surface area contributed by atoms with Crippen LogP contribution in [0.1, 0.15) is 5.56 Å². The third-order valence-electron chi connectivity index (χ3n) is 2.49. The maximum atomic E-state index is 10.9. The van der Waals surface area contributed by atoms with Crippen LogP contribution in [0.15, 0.2) is 24.4 Å². The van der Waals surface area contributed by atoms with Gasteiger partial charge in [0.25, 0.3) is 0 Å². The second kappa shape index (κ2) is 5.23. The monoisotopic (exact) mass is 362 g/mol. The van der Waals surface area contributed by atoms with E-state index in [0.717, 1.165) is 16.5 Å². The van der Waals surface area contributed by atoms with E-state index >= 15 is 0 Å². The highest BCUT2D eigenvalue weighted by Gasteiger charge is 2.11. The van der Waals surface area contributed by atoms with E-state index in [9.17, 15) is 4.79 Å². The molecule has 17 heavy (non-hydrogen) atoms. The summed E-state index contributed by atoms with van der Waals surface area (Å²) in [4.78, 5) is 10.9. The number of nitrogens with zero attached hydrogens (tertiary/aromatic N) is 2. The number of hydrogen-bond acceptors (Lipinski definition) is 4. The average Bonchev–Trinajstić information content (AvgIpc) is 2.71. The molecule has 1 heterocycles. The van der Waals surface area contributed by atoms with Gasteiger partial charge in [0.15, 0.2) is 0 Å². The fourth-order valence-electron chi connectivity index (χ4n) is 1.59. The molecule has 90 valence electrons. The second-order valence-corrected chi connectivity index (χ2v) is 5.36. The van der Waals surface area contributed by atoms with Crippen molar-refractivity contribution in [2.45, 2.75) is 12.5 Å². The number of halogens is 1. The lowest BCUT2D eigenvalue weighted by Crippen LogP contribution is -2.38. The van der Waals surface area contributed by atoms with Crippen LogP contribution in [0, 0.1) is 0 Å². The number of benzene rings is 1. The number of aromatic nitrogens is 2. The zero-order chi connectivity index (χ0) is 12.4. The summed E-state index contributed by atoms with van der Waals surface area (Å²) in [6, 6.07) is 5.25. The van der Waals surface area contributed by atoms with E-state index in [1.54, 1.807) is 6.20 Å². The smallest absolute Gasteiger partial charge is 0.234 e. The summed E-state index contributed by atoms with van der Waals surface area (Å²) in [6.07, 6.45) is 2.24. The summed E-state index contributed by atoms with van der Waals surface area (Å²) in [5.41, 5.74) is 12.8. The molecule has 0 radical (unpaired) electrons. The lowest BCUT2D eigenvalue weighted by atomic mass is 10.0. The van der Waals surface area contributed by atoms with Gasteiger partial charge >= 0.3 is 0 Å². The molecule has 1 amide bonds. The van der Waals surface area contributed by atoms with Gasteiger partial charge in [-0.05, 0) is 24.1 Å². The Labute approximate surface area is 115 Å². The number of rotatable bonds is 4. The molecule has 0 saturated carbocycles. The van der Waals surface area contributed by atoms with Crippen molar-refractivity contribution in [3.63, 3.8) is 0 Å². The fraction of sp³-hybridized carbons (Fsp3) is 0.200. The van der Waals surface area contributed by atoms with Crippen molar-refractivity contribution in [1.29, 1.82) is 0 Å². The van der Waals surface area contributed by atoms with Crippen LogP contribution >= 0.6 is 30.3 Å². The Kier molecular flexibility index (Phi) is 3.89. The minimum absolute atomic E-state index is 0.452. The number of amides is 1. The second-order valence-electron chi connectivity index (χ2n) is 3.69. The van der Waals surface area contributed by atoms with E-state index in [4.69, 9.17) is 11.5 Å². The van der Waals surface area contributed by atoms with Gasteiger partial charge in [-0.1, -0.05) is 6.07 Å². The molecular formula is C10H11IN4OS. The Morgan fingerprint density at radius 3 is 3.00 bits per heavy atom. The first-order valence-electron chi connectivity index (χ1n) is 4.92. The third kappa shape index (κ3) is 2.72. The quantitative estimate of drug-likeness (QED) is 0.802. The zero-order valence-corrected chi connectivity index (χ0v) is 11.8. The van der Waals surface area contributed by atoms with Crippen molar-refractivity contribution in [3.05, 3.63) is 30.0 Å². The molecule has 0 unspecified atom stereocenters. The van der Waals surface area contributed by atoms with Crippen molar-refractivity contribution in [1.82, 2.24) is 9.19 Å². The fourth-order valence-corrected chi connectivity index (χ4v) is 2.86. The summed E-state index contributed by atoms with van der Waals surface area (Å²) < 4.78 is 1.83. The van der Waals surface area contributed by atoms with E-state index in [0.29, 0.717) is 6.42 Å². The molecule has 4 N–H and O–H groups in total. The normalized spacial score (nSPS) is 12.8. The first-order chi connectivity index (χ1) is 8.11. The zero-order valence-electron chi connectivity index (χ0n) is 8.84. The first kappa shape index (κ1) is 12.7. The summed E-state index contributed by atoms with van der Waals surface area (Å²) in [5.74, 6) is -0.483. The SMILES string of the molecule is NC(=O)[C@@H](N)Cc1ccc2c(cnn2SI)c1. The number of fused-ring (bicyclic) bond motifs is 1. The summed E-state index contributed by atoms with van der Waals surface area (Å²) in [7, 11) is 1.51. The number of primary amides is 1. The predicted octanol–water partition coefficient (Wildman–Crippen LogP) is 1.24. The van der Waals surface area contributed by atoms with Gasteiger partial charge in [0, 0.05) is 35.7 Å². The molecule has 5 nitrogen and oxygen atoms in total. The topological polar surface area (TPSA) is 86.9 Å². The average molecular weight is 362 g/mol. The van der Waals surface area contributed by atoms with Crippen LogP contribution in [-0.2, 0) is 11.2 Å². The van der Waals surface area contributed by atoms with Crippen LogP contribution in [0.4, 0.5) is 0 Å². The van der Waals surface area contributed by atoms with Gasteiger partial charge in [-0.3, -0.25) is 4.79 Å². The molecular weight excluding hydrogens is 351 g/mol. The number of carbonyl (C=O) groups is 1. The molecule has 1 atom stereocenters. The number of carbonyl (C=O) groups excluding carboxylic acids is 1. The summed E-state index contributed by atoms with van der Waals surface area (Å²) in [5, 5.41) is 5.25. The highest BCUT2D eigenvalue weighted by atomic mass is 127. The van der Waals surface area contributed by atoms with Crippen molar-refractivity contribution in [2.75, 3.05) is 0 Å². The largest absolute Gasteiger partial charge is 0.368 e. The molecule has 2 rings (SSSR count).